The molecule has 1 aromatic heterocycles. The molecule has 0 atom stereocenters. The number of pyridine rings is 1. The van der Waals surface area contributed by atoms with E-state index in [2.05, 4.69) is 26.2 Å². The second-order valence-electron chi connectivity index (χ2n) is 4.92. The van der Waals surface area contributed by atoms with Crippen molar-refractivity contribution in [2.75, 3.05) is 20.3 Å². The van der Waals surface area contributed by atoms with Crippen LogP contribution in [0, 0.1) is 0 Å². The van der Waals surface area contributed by atoms with Crippen molar-refractivity contribution in [1.82, 2.24) is 10.3 Å². The van der Waals surface area contributed by atoms with Gasteiger partial charge in [0.05, 0.1) is 12.7 Å². The highest BCUT2D eigenvalue weighted by Crippen LogP contribution is 2.11. The van der Waals surface area contributed by atoms with Crippen LogP contribution in [-0.4, -0.2) is 37.1 Å². The maximum Gasteiger partial charge on any atom is 0.340 e. The minimum absolute atomic E-state index is 0.287. The molecule has 1 heterocycles. The molecule has 1 aromatic carbocycles. The summed E-state index contributed by atoms with van der Waals surface area (Å²) in [6.07, 6.45) is 3.62. The van der Waals surface area contributed by atoms with Gasteiger partial charge in [0.2, 0.25) is 0 Å². The van der Waals surface area contributed by atoms with Crippen LogP contribution in [0.25, 0.3) is 0 Å². The average molecular weight is 393 g/mol. The predicted molar refractivity (Wildman–Crippen MR) is 91.9 cm³/mol. The number of hydrogen-bond donors (Lipinski definition) is 1. The lowest BCUT2D eigenvalue weighted by Crippen LogP contribution is -2.30. The predicted octanol–water partition coefficient (Wildman–Crippen LogP) is 2.37. The van der Waals surface area contributed by atoms with Gasteiger partial charge in [0.25, 0.3) is 5.91 Å². The molecule has 0 unspecified atom stereocenters. The van der Waals surface area contributed by atoms with Gasteiger partial charge < -0.3 is 14.8 Å². The second kappa shape index (κ2) is 9.02. The Balaban J connectivity index is 1.70. The number of esters is 1. The minimum Gasteiger partial charge on any atom is -0.497 e. The fourth-order valence-electron chi connectivity index (χ4n) is 1.93. The van der Waals surface area contributed by atoms with E-state index in [1.165, 1.54) is 6.20 Å². The van der Waals surface area contributed by atoms with Crippen LogP contribution in [0.4, 0.5) is 0 Å². The maximum absolute atomic E-state index is 11.8. The zero-order valence-electron chi connectivity index (χ0n) is 13.1. The number of ether oxygens (including phenoxy) is 2. The van der Waals surface area contributed by atoms with Crippen molar-refractivity contribution in [3.63, 3.8) is 0 Å². The van der Waals surface area contributed by atoms with E-state index in [9.17, 15) is 9.59 Å². The summed E-state index contributed by atoms with van der Waals surface area (Å²) in [7, 11) is 1.61. The van der Waals surface area contributed by atoms with Crippen LogP contribution in [-0.2, 0) is 16.0 Å². The molecular weight excluding hydrogens is 376 g/mol. The van der Waals surface area contributed by atoms with Gasteiger partial charge in [-0.05, 0) is 46.1 Å². The molecule has 0 spiro atoms. The van der Waals surface area contributed by atoms with E-state index in [-0.39, 0.29) is 18.1 Å². The van der Waals surface area contributed by atoms with Crippen molar-refractivity contribution in [2.45, 2.75) is 6.42 Å². The normalized spacial score (nSPS) is 10.1. The van der Waals surface area contributed by atoms with Gasteiger partial charge in [-0.15, -0.1) is 0 Å². The Morgan fingerprint density at radius 1 is 1.21 bits per heavy atom. The van der Waals surface area contributed by atoms with Gasteiger partial charge in [-0.3, -0.25) is 9.78 Å². The molecule has 0 aliphatic carbocycles. The SMILES string of the molecule is COc1ccc(CCNC(=O)COC(=O)c2cncc(Br)c2)cc1. The number of carbonyl (C=O) groups is 2. The molecule has 0 aliphatic rings. The van der Waals surface area contributed by atoms with Crippen LogP contribution in [0.2, 0.25) is 0 Å². The fourth-order valence-corrected chi connectivity index (χ4v) is 2.29. The van der Waals surface area contributed by atoms with E-state index < -0.39 is 5.97 Å². The Labute approximate surface area is 148 Å². The van der Waals surface area contributed by atoms with E-state index in [4.69, 9.17) is 9.47 Å². The van der Waals surface area contributed by atoms with Crippen molar-refractivity contribution in [2.24, 2.45) is 0 Å². The first-order chi connectivity index (χ1) is 11.6. The van der Waals surface area contributed by atoms with Crippen molar-refractivity contribution in [3.8, 4) is 5.75 Å². The fraction of sp³-hybridized carbons (Fsp3) is 0.235. The summed E-state index contributed by atoms with van der Waals surface area (Å²) in [5.41, 5.74) is 1.36. The summed E-state index contributed by atoms with van der Waals surface area (Å²) in [6.45, 7) is 0.134. The van der Waals surface area contributed by atoms with Gasteiger partial charge in [0.15, 0.2) is 6.61 Å². The second-order valence-corrected chi connectivity index (χ2v) is 5.83. The molecule has 0 radical (unpaired) electrons. The molecule has 0 saturated carbocycles. The molecule has 1 amide bonds. The minimum atomic E-state index is -0.589. The van der Waals surface area contributed by atoms with Gasteiger partial charge in [-0.1, -0.05) is 12.1 Å². The molecule has 0 aliphatic heterocycles. The van der Waals surface area contributed by atoms with Gasteiger partial charge in [0, 0.05) is 23.4 Å². The lowest BCUT2D eigenvalue weighted by Gasteiger charge is -2.07. The van der Waals surface area contributed by atoms with Crippen LogP contribution in [0.1, 0.15) is 15.9 Å². The number of amides is 1. The highest BCUT2D eigenvalue weighted by Gasteiger charge is 2.10. The Kier molecular flexibility index (Phi) is 6.74. The molecule has 0 bridgehead atoms. The highest BCUT2D eigenvalue weighted by molar-refractivity contribution is 9.10. The number of methoxy groups -OCH3 is 1. The first-order valence-electron chi connectivity index (χ1n) is 7.26. The summed E-state index contributed by atoms with van der Waals surface area (Å²) in [6, 6.07) is 9.18. The Morgan fingerprint density at radius 2 is 1.96 bits per heavy atom. The molecule has 1 N–H and O–H groups in total. The van der Waals surface area contributed by atoms with Gasteiger partial charge in [-0.2, -0.15) is 0 Å². The first kappa shape index (κ1) is 17.9. The highest BCUT2D eigenvalue weighted by atomic mass is 79.9. The quantitative estimate of drug-likeness (QED) is 0.731. The van der Waals surface area contributed by atoms with Crippen LogP contribution in [0.5, 0.6) is 5.75 Å². The monoisotopic (exact) mass is 392 g/mol. The molecule has 0 saturated heterocycles. The van der Waals surface area contributed by atoms with Crippen molar-refractivity contribution in [3.05, 3.63) is 58.3 Å². The number of aromatic nitrogens is 1. The molecule has 7 heteroatoms. The number of carbonyl (C=O) groups excluding carboxylic acids is 2. The molecule has 0 fully saturated rings. The molecule has 6 nitrogen and oxygen atoms in total. The molecule has 2 rings (SSSR count). The standard InChI is InChI=1S/C17H17BrN2O4/c1-23-15-4-2-12(3-5-15)6-7-20-16(21)11-24-17(22)13-8-14(18)10-19-9-13/h2-5,8-10H,6-7,11H2,1H3,(H,20,21). The van der Waals surface area contributed by atoms with E-state index >= 15 is 0 Å². The third-order valence-electron chi connectivity index (χ3n) is 3.17. The summed E-state index contributed by atoms with van der Waals surface area (Å²) in [5, 5.41) is 2.71. The first-order valence-corrected chi connectivity index (χ1v) is 8.05. The van der Waals surface area contributed by atoms with Crippen LogP contribution >= 0.6 is 15.9 Å². The maximum atomic E-state index is 11.8. The lowest BCUT2D eigenvalue weighted by atomic mass is 10.1. The lowest BCUT2D eigenvalue weighted by molar-refractivity contribution is -0.124. The van der Waals surface area contributed by atoms with Crippen LogP contribution in [0.3, 0.4) is 0 Å². The van der Waals surface area contributed by atoms with E-state index in [0.29, 0.717) is 17.4 Å². The summed E-state index contributed by atoms with van der Waals surface area (Å²) < 4.78 is 10.7. The van der Waals surface area contributed by atoms with Gasteiger partial charge >= 0.3 is 5.97 Å². The topological polar surface area (TPSA) is 77.5 Å². The number of benzene rings is 1. The molecule has 126 valence electrons. The van der Waals surface area contributed by atoms with E-state index in [0.717, 1.165) is 11.3 Å². The number of halogens is 1. The molecule has 2 aromatic rings. The van der Waals surface area contributed by atoms with Crippen LogP contribution < -0.4 is 10.1 Å². The number of hydrogen-bond acceptors (Lipinski definition) is 5. The van der Waals surface area contributed by atoms with Gasteiger partial charge in [-0.25, -0.2) is 4.79 Å². The Hall–Kier alpha value is -2.41. The Morgan fingerprint density at radius 3 is 2.62 bits per heavy atom. The van der Waals surface area contributed by atoms with Crippen LogP contribution in [0.15, 0.2) is 47.2 Å². The van der Waals surface area contributed by atoms with Crippen molar-refractivity contribution < 1.29 is 19.1 Å². The van der Waals surface area contributed by atoms with Crippen molar-refractivity contribution >= 4 is 27.8 Å². The summed E-state index contributed by atoms with van der Waals surface area (Å²) in [4.78, 5) is 27.4. The molecule has 24 heavy (non-hydrogen) atoms. The number of nitrogens with zero attached hydrogens (tertiary/aromatic N) is 1. The van der Waals surface area contributed by atoms with E-state index in [1.54, 1.807) is 19.4 Å². The molecular formula is C17H17BrN2O4. The third-order valence-corrected chi connectivity index (χ3v) is 3.60. The van der Waals surface area contributed by atoms with Gasteiger partial charge in [0.1, 0.15) is 5.75 Å². The Bertz CT molecular complexity index is 704. The zero-order valence-corrected chi connectivity index (χ0v) is 14.7. The summed E-state index contributed by atoms with van der Waals surface area (Å²) >= 11 is 3.22. The van der Waals surface area contributed by atoms with E-state index in [1.807, 2.05) is 24.3 Å². The summed E-state index contributed by atoms with van der Waals surface area (Å²) in [5.74, 6) is -0.148. The largest absolute Gasteiger partial charge is 0.497 e. The zero-order chi connectivity index (χ0) is 17.4. The third kappa shape index (κ3) is 5.66. The number of rotatable bonds is 7. The number of nitrogens with one attached hydrogen (secondary N) is 1. The average Bonchev–Trinajstić information content (AvgIpc) is 2.60. The smallest absolute Gasteiger partial charge is 0.340 e. The van der Waals surface area contributed by atoms with Crippen molar-refractivity contribution in [1.29, 1.82) is 0 Å².